The van der Waals surface area contributed by atoms with E-state index in [1.54, 1.807) is 0 Å². The Balaban J connectivity index is 1.28. The molecule has 0 radical (unpaired) electrons. The average Bonchev–Trinajstić information content (AvgIpc) is 2.75. The predicted octanol–water partition coefficient (Wildman–Crippen LogP) is 6.89. The van der Waals surface area contributed by atoms with Gasteiger partial charge in [0.05, 0.1) is 5.92 Å². The lowest BCUT2D eigenvalue weighted by atomic mass is 9.69. The normalized spacial score (nSPS) is 27.9. The van der Waals surface area contributed by atoms with Crippen molar-refractivity contribution in [1.29, 1.82) is 0 Å². The van der Waals surface area contributed by atoms with Crippen molar-refractivity contribution in [3.05, 3.63) is 54.6 Å². The Morgan fingerprint density at radius 2 is 1.25 bits per heavy atom. The van der Waals surface area contributed by atoms with E-state index >= 15 is 0 Å². The summed E-state index contributed by atoms with van der Waals surface area (Å²) >= 11 is 0. The number of rotatable bonds is 4. The number of ether oxygens (including phenoxy) is 1. The van der Waals surface area contributed by atoms with Crippen molar-refractivity contribution in [1.82, 2.24) is 0 Å². The van der Waals surface area contributed by atoms with Gasteiger partial charge < -0.3 is 4.74 Å². The summed E-state index contributed by atoms with van der Waals surface area (Å²) in [5, 5.41) is 0. The maximum atomic E-state index is 12.6. The van der Waals surface area contributed by atoms with Crippen LogP contribution in [-0.4, -0.2) is 5.97 Å². The van der Waals surface area contributed by atoms with E-state index in [2.05, 4.69) is 19.1 Å². The zero-order valence-corrected chi connectivity index (χ0v) is 17.0. The molecule has 2 aromatic carbocycles. The highest BCUT2D eigenvalue weighted by molar-refractivity contribution is 5.75. The zero-order chi connectivity index (χ0) is 19.3. The number of esters is 1. The minimum Gasteiger partial charge on any atom is -0.426 e. The molecule has 0 aliphatic heterocycles. The molecule has 2 aliphatic carbocycles. The van der Waals surface area contributed by atoms with Crippen molar-refractivity contribution in [3.63, 3.8) is 0 Å². The van der Waals surface area contributed by atoms with Crippen LogP contribution >= 0.6 is 0 Å². The van der Waals surface area contributed by atoms with Gasteiger partial charge in [-0.25, -0.2) is 0 Å². The van der Waals surface area contributed by atoms with E-state index in [1.807, 2.05) is 42.5 Å². The largest absolute Gasteiger partial charge is 0.426 e. The van der Waals surface area contributed by atoms with E-state index < -0.39 is 0 Å². The molecule has 0 heterocycles. The van der Waals surface area contributed by atoms with Gasteiger partial charge in [-0.05, 0) is 79.5 Å². The molecule has 2 heteroatoms. The molecule has 2 fully saturated rings. The van der Waals surface area contributed by atoms with Gasteiger partial charge in [-0.3, -0.25) is 4.79 Å². The highest BCUT2D eigenvalue weighted by Gasteiger charge is 2.33. The molecule has 2 aliphatic rings. The van der Waals surface area contributed by atoms with Crippen LogP contribution in [0.4, 0.5) is 0 Å². The van der Waals surface area contributed by atoms with E-state index in [-0.39, 0.29) is 11.9 Å². The van der Waals surface area contributed by atoms with Gasteiger partial charge >= 0.3 is 5.97 Å². The minimum atomic E-state index is -0.0387. The third-order valence-electron chi connectivity index (χ3n) is 7.01. The number of hydrogen-bond acceptors (Lipinski definition) is 2. The molecule has 2 aromatic rings. The monoisotopic (exact) mass is 376 g/mol. The zero-order valence-electron chi connectivity index (χ0n) is 17.0. The van der Waals surface area contributed by atoms with Crippen LogP contribution in [0.3, 0.4) is 0 Å². The molecule has 0 spiro atoms. The fourth-order valence-electron chi connectivity index (χ4n) is 5.13. The summed E-state index contributed by atoms with van der Waals surface area (Å²) in [5.74, 6) is 3.35. The molecule has 0 saturated heterocycles. The summed E-state index contributed by atoms with van der Waals surface area (Å²) < 4.78 is 5.70. The third kappa shape index (κ3) is 4.66. The van der Waals surface area contributed by atoms with Crippen molar-refractivity contribution in [3.8, 4) is 16.9 Å². The second kappa shape index (κ2) is 8.94. The predicted molar refractivity (Wildman–Crippen MR) is 114 cm³/mol. The Kier molecular flexibility index (Phi) is 6.14. The van der Waals surface area contributed by atoms with E-state index in [1.165, 1.54) is 44.1 Å². The first-order valence-electron chi connectivity index (χ1n) is 11.1. The molecule has 148 valence electrons. The fourth-order valence-corrected chi connectivity index (χ4v) is 5.13. The van der Waals surface area contributed by atoms with Gasteiger partial charge in [0, 0.05) is 0 Å². The Morgan fingerprint density at radius 3 is 1.86 bits per heavy atom. The van der Waals surface area contributed by atoms with Gasteiger partial charge in [-0.1, -0.05) is 62.2 Å². The average molecular weight is 377 g/mol. The van der Waals surface area contributed by atoms with Crippen LogP contribution in [0.5, 0.6) is 5.75 Å². The topological polar surface area (TPSA) is 26.3 Å². The van der Waals surface area contributed by atoms with Crippen LogP contribution in [0.1, 0.15) is 58.3 Å². The molecule has 0 amide bonds. The molecular formula is C26H32O2. The first-order valence-corrected chi connectivity index (χ1v) is 11.1. The van der Waals surface area contributed by atoms with E-state index in [0.29, 0.717) is 5.75 Å². The van der Waals surface area contributed by atoms with E-state index in [9.17, 15) is 4.79 Å². The summed E-state index contributed by atoms with van der Waals surface area (Å²) in [6, 6.07) is 18.1. The summed E-state index contributed by atoms with van der Waals surface area (Å²) in [5.41, 5.74) is 2.32. The lowest BCUT2D eigenvalue weighted by molar-refractivity contribution is -0.140. The van der Waals surface area contributed by atoms with E-state index in [4.69, 9.17) is 4.74 Å². The van der Waals surface area contributed by atoms with Crippen molar-refractivity contribution in [2.24, 2.45) is 23.7 Å². The lowest BCUT2D eigenvalue weighted by Crippen LogP contribution is -2.29. The Morgan fingerprint density at radius 1 is 0.714 bits per heavy atom. The first kappa shape index (κ1) is 19.2. The Bertz CT molecular complexity index is 749. The van der Waals surface area contributed by atoms with Crippen LogP contribution in [0.2, 0.25) is 0 Å². The van der Waals surface area contributed by atoms with Gasteiger partial charge in [0.25, 0.3) is 0 Å². The van der Waals surface area contributed by atoms with Gasteiger partial charge in [0.2, 0.25) is 0 Å². The third-order valence-corrected chi connectivity index (χ3v) is 7.01. The summed E-state index contributed by atoms with van der Waals surface area (Å²) in [6.07, 6.45) is 9.98. The summed E-state index contributed by atoms with van der Waals surface area (Å²) in [4.78, 5) is 12.6. The summed E-state index contributed by atoms with van der Waals surface area (Å²) in [6.45, 7) is 2.38. The van der Waals surface area contributed by atoms with Crippen molar-refractivity contribution < 1.29 is 9.53 Å². The van der Waals surface area contributed by atoms with Gasteiger partial charge in [-0.15, -0.1) is 0 Å². The molecule has 2 saturated carbocycles. The first-order chi connectivity index (χ1) is 13.7. The molecule has 2 nitrogen and oxygen atoms in total. The number of hydrogen-bond donors (Lipinski definition) is 0. The molecular weight excluding hydrogens is 344 g/mol. The minimum absolute atomic E-state index is 0.0387. The lowest BCUT2D eigenvalue weighted by Gasteiger charge is -2.36. The van der Waals surface area contributed by atoms with Crippen LogP contribution in [-0.2, 0) is 4.79 Å². The number of carbonyl (C=O) groups is 1. The Hall–Kier alpha value is -2.09. The quantitative estimate of drug-likeness (QED) is 0.429. The van der Waals surface area contributed by atoms with Crippen molar-refractivity contribution in [2.45, 2.75) is 58.3 Å². The standard InChI is InChI=1S/C26H32O2/c1-19-7-9-21(10-8-19)22-11-13-24(14-12-22)26(27)28-25-17-15-23(16-18-25)20-5-3-2-4-6-20/h2-6,15-19,21-22,24H,7-14H2,1H3. The molecule has 0 bridgehead atoms. The number of carbonyl (C=O) groups excluding carboxylic acids is 1. The molecule has 0 N–H and O–H groups in total. The highest BCUT2D eigenvalue weighted by atomic mass is 16.5. The van der Waals surface area contributed by atoms with Crippen molar-refractivity contribution in [2.75, 3.05) is 0 Å². The molecule has 0 aromatic heterocycles. The molecule has 28 heavy (non-hydrogen) atoms. The Labute approximate surface area is 169 Å². The van der Waals surface area contributed by atoms with Crippen LogP contribution < -0.4 is 4.74 Å². The van der Waals surface area contributed by atoms with Crippen molar-refractivity contribution >= 4 is 5.97 Å². The highest BCUT2D eigenvalue weighted by Crippen LogP contribution is 2.41. The van der Waals surface area contributed by atoms with Crippen LogP contribution in [0.25, 0.3) is 11.1 Å². The summed E-state index contributed by atoms with van der Waals surface area (Å²) in [7, 11) is 0. The smallest absolute Gasteiger partial charge is 0.314 e. The maximum Gasteiger partial charge on any atom is 0.314 e. The SMILES string of the molecule is CC1CCC(C2CCC(C(=O)Oc3ccc(-c4ccccc4)cc3)CC2)CC1. The molecule has 0 atom stereocenters. The van der Waals surface area contributed by atoms with Gasteiger partial charge in [-0.2, -0.15) is 0 Å². The molecule has 4 rings (SSSR count). The second-order valence-electron chi connectivity index (χ2n) is 8.94. The second-order valence-corrected chi connectivity index (χ2v) is 8.94. The van der Waals surface area contributed by atoms with Crippen LogP contribution in [0.15, 0.2) is 54.6 Å². The number of benzene rings is 2. The maximum absolute atomic E-state index is 12.6. The van der Waals surface area contributed by atoms with E-state index in [0.717, 1.165) is 36.2 Å². The van der Waals surface area contributed by atoms with Gasteiger partial charge in [0.1, 0.15) is 5.75 Å². The molecule has 0 unspecified atom stereocenters. The van der Waals surface area contributed by atoms with Gasteiger partial charge in [0.15, 0.2) is 0 Å². The fraction of sp³-hybridized carbons (Fsp3) is 0.500. The van der Waals surface area contributed by atoms with Crippen LogP contribution in [0, 0.1) is 23.7 Å².